The number of H-pyrrole nitrogens is 1. The van der Waals surface area contributed by atoms with E-state index in [4.69, 9.17) is 11.6 Å². The third-order valence-corrected chi connectivity index (χ3v) is 4.19. The number of hydrogen-bond acceptors (Lipinski definition) is 3. The first-order valence-electron chi connectivity index (χ1n) is 6.68. The van der Waals surface area contributed by atoms with Gasteiger partial charge in [-0.05, 0) is 36.4 Å². The Hall–Kier alpha value is -1.85. The van der Waals surface area contributed by atoms with E-state index in [-0.39, 0.29) is 17.9 Å². The van der Waals surface area contributed by atoms with Crippen LogP contribution in [0.5, 0.6) is 0 Å². The van der Waals surface area contributed by atoms with Crippen molar-refractivity contribution in [2.75, 3.05) is 0 Å². The quantitative estimate of drug-likeness (QED) is 0.859. The van der Waals surface area contributed by atoms with Crippen molar-refractivity contribution in [3.63, 3.8) is 0 Å². The minimum atomic E-state index is -0.178. The molecule has 4 nitrogen and oxygen atoms in total. The van der Waals surface area contributed by atoms with Crippen molar-refractivity contribution in [2.45, 2.75) is 13.0 Å². The SMILES string of the molecule is O=C1CC(Br)=CC=C1NCc1cc2cc(Cl)ccc2[nH]c1=O. The molecule has 1 aromatic heterocycles. The molecular formula is C16H12BrClN2O2. The third kappa shape index (κ3) is 3.15. The van der Waals surface area contributed by atoms with Gasteiger partial charge in [0.2, 0.25) is 0 Å². The van der Waals surface area contributed by atoms with E-state index in [1.807, 2.05) is 6.08 Å². The molecule has 1 aliphatic carbocycles. The molecule has 1 heterocycles. The summed E-state index contributed by atoms with van der Waals surface area (Å²) in [4.78, 5) is 26.7. The van der Waals surface area contributed by atoms with Crippen LogP contribution in [0.4, 0.5) is 0 Å². The van der Waals surface area contributed by atoms with E-state index in [1.165, 1.54) is 0 Å². The second kappa shape index (κ2) is 6.10. The molecule has 1 aliphatic rings. The van der Waals surface area contributed by atoms with Crippen molar-refractivity contribution in [2.24, 2.45) is 0 Å². The van der Waals surface area contributed by atoms with E-state index in [9.17, 15) is 9.59 Å². The van der Waals surface area contributed by atoms with Gasteiger partial charge in [-0.1, -0.05) is 27.5 Å². The van der Waals surface area contributed by atoms with Crippen LogP contribution in [0.2, 0.25) is 5.02 Å². The molecule has 0 saturated heterocycles. The second-order valence-electron chi connectivity index (χ2n) is 5.00. The van der Waals surface area contributed by atoms with Crippen molar-refractivity contribution in [3.05, 3.63) is 67.5 Å². The Labute approximate surface area is 140 Å². The van der Waals surface area contributed by atoms with Gasteiger partial charge in [0.15, 0.2) is 5.78 Å². The van der Waals surface area contributed by atoms with E-state index in [0.717, 1.165) is 15.4 Å². The molecule has 0 aliphatic heterocycles. The Morgan fingerprint density at radius 1 is 1.23 bits per heavy atom. The molecule has 3 rings (SSSR count). The highest BCUT2D eigenvalue weighted by atomic mass is 79.9. The van der Waals surface area contributed by atoms with Crippen LogP contribution in [-0.4, -0.2) is 10.8 Å². The lowest BCUT2D eigenvalue weighted by atomic mass is 10.1. The Morgan fingerprint density at radius 2 is 2.05 bits per heavy atom. The van der Waals surface area contributed by atoms with Crippen LogP contribution < -0.4 is 10.9 Å². The first-order chi connectivity index (χ1) is 10.5. The second-order valence-corrected chi connectivity index (χ2v) is 6.46. The zero-order chi connectivity index (χ0) is 15.7. The molecule has 2 aromatic rings. The van der Waals surface area contributed by atoms with E-state index >= 15 is 0 Å². The summed E-state index contributed by atoms with van der Waals surface area (Å²) < 4.78 is 0.848. The van der Waals surface area contributed by atoms with Gasteiger partial charge in [-0.2, -0.15) is 0 Å². The number of pyridine rings is 1. The van der Waals surface area contributed by atoms with Crippen LogP contribution in [0.15, 0.2) is 51.4 Å². The van der Waals surface area contributed by atoms with Crippen molar-refractivity contribution in [1.29, 1.82) is 0 Å². The zero-order valence-corrected chi connectivity index (χ0v) is 13.8. The molecule has 112 valence electrons. The summed E-state index contributed by atoms with van der Waals surface area (Å²) in [7, 11) is 0. The number of halogens is 2. The smallest absolute Gasteiger partial charge is 0.253 e. The molecular weight excluding hydrogens is 368 g/mol. The number of fused-ring (bicyclic) bond motifs is 1. The van der Waals surface area contributed by atoms with E-state index < -0.39 is 0 Å². The summed E-state index contributed by atoms with van der Waals surface area (Å²) in [6.07, 6.45) is 3.87. The monoisotopic (exact) mass is 378 g/mol. The van der Waals surface area contributed by atoms with Gasteiger partial charge >= 0.3 is 0 Å². The summed E-state index contributed by atoms with van der Waals surface area (Å²) in [6, 6.07) is 7.08. The molecule has 22 heavy (non-hydrogen) atoms. The molecule has 0 fully saturated rings. The van der Waals surface area contributed by atoms with Gasteiger partial charge in [0.1, 0.15) is 0 Å². The van der Waals surface area contributed by atoms with Gasteiger partial charge in [-0.25, -0.2) is 0 Å². The predicted molar refractivity (Wildman–Crippen MR) is 91.1 cm³/mol. The van der Waals surface area contributed by atoms with E-state index in [1.54, 1.807) is 30.3 Å². The Balaban J connectivity index is 1.86. The van der Waals surface area contributed by atoms with Crippen LogP contribution in [-0.2, 0) is 11.3 Å². The average Bonchev–Trinajstić information content (AvgIpc) is 2.47. The first kappa shape index (κ1) is 15.1. The van der Waals surface area contributed by atoms with E-state index in [2.05, 4.69) is 26.2 Å². The van der Waals surface area contributed by atoms with Gasteiger partial charge in [-0.3, -0.25) is 9.59 Å². The Bertz CT molecular complexity index is 883. The van der Waals surface area contributed by atoms with E-state index in [0.29, 0.717) is 22.7 Å². The maximum Gasteiger partial charge on any atom is 0.253 e. The minimum Gasteiger partial charge on any atom is -0.378 e. The van der Waals surface area contributed by atoms with Gasteiger partial charge in [0.25, 0.3) is 5.56 Å². The average molecular weight is 380 g/mol. The van der Waals surface area contributed by atoms with Crippen molar-refractivity contribution >= 4 is 44.2 Å². The molecule has 0 saturated carbocycles. The topological polar surface area (TPSA) is 62.0 Å². The summed E-state index contributed by atoms with van der Waals surface area (Å²) in [5.74, 6) is -0.00497. The highest BCUT2D eigenvalue weighted by Gasteiger charge is 2.14. The van der Waals surface area contributed by atoms with Gasteiger partial charge in [-0.15, -0.1) is 0 Å². The Morgan fingerprint density at radius 3 is 2.82 bits per heavy atom. The predicted octanol–water partition coefficient (Wildman–Crippen LogP) is 3.41. The molecule has 0 atom stereocenters. The number of hydrogen-bond donors (Lipinski definition) is 2. The van der Waals surface area contributed by atoms with Crippen LogP contribution in [0, 0.1) is 0 Å². The third-order valence-electron chi connectivity index (χ3n) is 3.41. The molecule has 0 amide bonds. The highest BCUT2D eigenvalue weighted by molar-refractivity contribution is 9.11. The van der Waals surface area contributed by atoms with Crippen LogP contribution in [0.1, 0.15) is 12.0 Å². The van der Waals surface area contributed by atoms with Crippen LogP contribution >= 0.6 is 27.5 Å². The number of aromatic nitrogens is 1. The fraction of sp³-hybridized carbons (Fsp3) is 0.125. The maximum atomic E-state index is 12.1. The summed E-state index contributed by atoms with van der Waals surface area (Å²) in [5.41, 5.74) is 1.62. The summed E-state index contributed by atoms with van der Waals surface area (Å²) in [6.45, 7) is 0.279. The number of aromatic amines is 1. The largest absolute Gasteiger partial charge is 0.378 e. The molecule has 0 unspecified atom stereocenters. The number of nitrogens with one attached hydrogen (secondary N) is 2. The summed E-state index contributed by atoms with van der Waals surface area (Å²) in [5, 5.41) is 4.49. The zero-order valence-electron chi connectivity index (χ0n) is 11.5. The number of allylic oxidation sites excluding steroid dienone is 4. The van der Waals surface area contributed by atoms with Gasteiger partial charge in [0, 0.05) is 38.9 Å². The molecule has 0 radical (unpaired) electrons. The van der Waals surface area contributed by atoms with Gasteiger partial charge < -0.3 is 10.3 Å². The number of rotatable bonds is 3. The Kier molecular flexibility index (Phi) is 4.18. The number of carbonyl (C=O) groups excluding carboxylic acids is 1. The minimum absolute atomic E-state index is 0.00497. The number of Topliss-reactive ketones (excluding diaryl/α,β-unsaturated/α-hetero) is 1. The van der Waals surface area contributed by atoms with Crippen molar-refractivity contribution in [1.82, 2.24) is 10.3 Å². The van der Waals surface area contributed by atoms with Crippen molar-refractivity contribution < 1.29 is 4.79 Å². The lowest BCUT2D eigenvalue weighted by Gasteiger charge is -2.12. The van der Waals surface area contributed by atoms with Gasteiger partial charge in [0.05, 0.1) is 5.70 Å². The summed E-state index contributed by atoms with van der Waals surface area (Å²) >= 11 is 9.27. The normalized spacial score (nSPS) is 14.7. The van der Waals surface area contributed by atoms with Crippen LogP contribution in [0.25, 0.3) is 10.9 Å². The standard InChI is InChI=1S/C16H12BrClN2O2/c17-11-1-3-14(15(21)7-11)19-8-10-5-9-6-12(18)2-4-13(9)20-16(10)22/h1-6,19H,7-8H2,(H,20,22). The maximum absolute atomic E-state index is 12.1. The highest BCUT2D eigenvalue weighted by Crippen LogP contribution is 2.19. The number of ketones is 1. The number of benzene rings is 1. The fourth-order valence-corrected chi connectivity index (χ4v) is 2.84. The molecule has 6 heteroatoms. The lowest BCUT2D eigenvalue weighted by molar-refractivity contribution is -0.115. The molecule has 0 bridgehead atoms. The van der Waals surface area contributed by atoms with Crippen molar-refractivity contribution in [3.8, 4) is 0 Å². The number of carbonyl (C=O) groups is 1. The molecule has 2 N–H and O–H groups in total. The molecule has 0 spiro atoms. The molecule has 1 aromatic carbocycles. The lowest BCUT2D eigenvalue weighted by Crippen LogP contribution is -2.25. The fourth-order valence-electron chi connectivity index (χ4n) is 2.28. The first-order valence-corrected chi connectivity index (χ1v) is 7.85. The van der Waals surface area contributed by atoms with Crippen LogP contribution in [0.3, 0.4) is 0 Å².